The summed E-state index contributed by atoms with van der Waals surface area (Å²) < 4.78 is 54.8. The molecule has 0 spiro atoms. The van der Waals surface area contributed by atoms with Gasteiger partial charge in [0.2, 0.25) is 0 Å². The van der Waals surface area contributed by atoms with Crippen molar-refractivity contribution in [3.05, 3.63) is 70.5 Å². The molecular formula is C27H30FN5O6S. The molecule has 40 heavy (non-hydrogen) atoms. The van der Waals surface area contributed by atoms with Gasteiger partial charge in [-0.25, -0.2) is 9.11 Å². The van der Waals surface area contributed by atoms with Crippen LogP contribution in [-0.4, -0.2) is 57.8 Å². The van der Waals surface area contributed by atoms with E-state index in [1.165, 1.54) is 49.4 Å². The van der Waals surface area contributed by atoms with Crippen LogP contribution in [0.2, 0.25) is 0 Å². The van der Waals surface area contributed by atoms with E-state index in [1.807, 2.05) is 0 Å². The molecule has 1 saturated carbocycles. The van der Waals surface area contributed by atoms with Gasteiger partial charge in [0.15, 0.2) is 17.7 Å². The second-order valence-corrected chi connectivity index (χ2v) is 10.8. The summed E-state index contributed by atoms with van der Waals surface area (Å²) in [4.78, 5) is 15.0. The summed E-state index contributed by atoms with van der Waals surface area (Å²) >= 11 is 0. The van der Waals surface area contributed by atoms with E-state index in [1.54, 1.807) is 20.0 Å². The highest BCUT2D eigenvalue weighted by Crippen LogP contribution is 2.38. The first-order valence-electron chi connectivity index (χ1n) is 12.3. The molecule has 1 unspecified atom stereocenters. The Labute approximate surface area is 232 Å². The average molecular weight is 572 g/mol. The molecule has 2 aromatic rings. The Kier molecular flexibility index (Phi) is 8.24. The number of aliphatic hydroxyl groups excluding tert-OH is 1. The minimum atomic E-state index is -3.78. The zero-order valence-electron chi connectivity index (χ0n) is 22.3. The van der Waals surface area contributed by atoms with Crippen molar-refractivity contribution >= 4 is 27.5 Å². The molecule has 2 aromatic carbocycles. The molecule has 0 saturated heterocycles. The topological polar surface area (TPSA) is 141 Å². The van der Waals surface area contributed by atoms with E-state index in [-0.39, 0.29) is 46.1 Å². The summed E-state index contributed by atoms with van der Waals surface area (Å²) in [6, 6.07) is 8.46. The molecule has 212 valence electrons. The smallest absolute Gasteiger partial charge is 0.298 e. The predicted molar refractivity (Wildman–Crippen MR) is 148 cm³/mol. The zero-order valence-corrected chi connectivity index (χ0v) is 23.1. The number of benzene rings is 2. The summed E-state index contributed by atoms with van der Waals surface area (Å²) in [6.07, 6.45) is 5.77. The SMILES string of the molecule is C#Cc1ccc(NC2=C(C(=O)NC3CC3)C(Oc3ccc(NS(=O)(=O)NC)cc3OC)=C(C)C(O)N2C)c(F)c1. The third-order valence-corrected chi connectivity index (χ3v) is 7.40. The van der Waals surface area contributed by atoms with E-state index in [4.69, 9.17) is 15.9 Å². The van der Waals surface area contributed by atoms with Crippen molar-refractivity contribution in [2.45, 2.75) is 32.0 Å². The lowest BCUT2D eigenvalue weighted by Gasteiger charge is -2.36. The van der Waals surface area contributed by atoms with Crippen LogP contribution >= 0.6 is 0 Å². The molecule has 1 atom stereocenters. The maximum atomic E-state index is 14.9. The number of ether oxygens (including phenoxy) is 2. The molecule has 0 bridgehead atoms. The van der Waals surface area contributed by atoms with E-state index in [2.05, 4.69) is 26.0 Å². The molecule has 1 heterocycles. The number of anilines is 2. The van der Waals surface area contributed by atoms with Crippen molar-refractivity contribution in [1.82, 2.24) is 14.9 Å². The lowest BCUT2D eigenvalue weighted by Crippen LogP contribution is -2.43. The fraction of sp³-hybridized carbons (Fsp3) is 0.296. The summed E-state index contributed by atoms with van der Waals surface area (Å²) in [6.45, 7) is 1.60. The van der Waals surface area contributed by atoms with Gasteiger partial charge in [0.05, 0.1) is 18.5 Å². The Morgan fingerprint density at radius 3 is 2.52 bits per heavy atom. The van der Waals surface area contributed by atoms with Gasteiger partial charge in [-0.05, 0) is 50.1 Å². The monoisotopic (exact) mass is 571 g/mol. The van der Waals surface area contributed by atoms with Crippen LogP contribution in [0.1, 0.15) is 25.3 Å². The molecule has 13 heteroatoms. The summed E-state index contributed by atoms with van der Waals surface area (Å²) in [5.74, 6) is 1.63. The van der Waals surface area contributed by atoms with Crippen molar-refractivity contribution in [2.75, 3.05) is 31.2 Å². The Bertz CT molecular complexity index is 1540. The van der Waals surface area contributed by atoms with Crippen LogP contribution in [0.4, 0.5) is 15.8 Å². The lowest BCUT2D eigenvalue weighted by atomic mass is 10.0. The molecule has 2 aliphatic rings. The number of amides is 1. The normalized spacial score (nSPS) is 17.3. The fourth-order valence-corrected chi connectivity index (χ4v) is 4.49. The molecule has 4 rings (SSSR count). The van der Waals surface area contributed by atoms with Gasteiger partial charge in [0.25, 0.3) is 16.1 Å². The first-order valence-corrected chi connectivity index (χ1v) is 13.7. The molecule has 1 aliphatic heterocycles. The molecule has 0 aromatic heterocycles. The number of nitrogens with zero attached hydrogens (tertiary/aromatic N) is 1. The fourth-order valence-electron chi connectivity index (χ4n) is 3.95. The Morgan fingerprint density at radius 1 is 1.20 bits per heavy atom. The number of aliphatic hydroxyl groups is 1. The van der Waals surface area contributed by atoms with Crippen molar-refractivity contribution < 1.29 is 32.2 Å². The second-order valence-electron chi connectivity index (χ2n) is 9.21. The van der Waals surface area contributed by atoms with Crippen LogP contribution in [0.25, 0.3) is 0 Å². The van der Waals surface area contributed by atoms with Crippen LogP contribution in [-0.2, 0) is 15.0 Å². The van der Waals surface area contributed by atoms with E-state index in [0.29, 0.717) is 11.1 Å². The van der Waals surface area contributed by atoms with Crippen LogP contribution in [0.3, 0.4) is 0 Å². The van der Waals surface area contributed by atoms with Gasteiger partial charge in [0, 0.05) is 37.3 Å². The lowest BCUT2D eigenvalue weighted by molar-refractivity contribution is -0.117. The van der Waals surface area contributed by atoms with E-state index < -0.39 is 28.2 Å². The van der Waals surface area contributed by atoms with Gasteiger partial charge < -0.3 is 30.1 Å². The van der Waals surface area contributed by atoms with Gasteiger partial charge in [-0.3, -0.25) is 9.52 Å². The third kappa shape index (κ3) is 6.15. The number of nitrogens with one attached hydrogen (secondary N) is 4. The van der Waals surface area contributed by atoms with Crippen LogP contribution in [0.15, 0.2) is 59.1 Å². The maximum absolute atomic E-state index is 14.9. The van der Waals surface area contributed by atoms with Crippen molar-refractivity contribution in [3.8, 4) is 23.8 Å². The highest BCUT2D eigenvalue weighted by atomic mass is 32.2. The summed E-state index contributed by atoms with van der Waals surface area (Å²) in [5.41, 5.74) is 0.900. The first kappa shape index (κ1) is 28.8. The van der Waals surface area contributed by atoms with Gasteiger partial charge >= 0.3 is 0 Å². The molecule has 1 fully saturated rings. The van der Waals surface area contributed by atoms with Crippen molar-refractivity contribution in [2.24, 2.45) is 0 Å². The highest BCUT2D eigenvalue weighted by Gasteiger charge is 2.37. The number of carbonyl (C=O) groups is 1. The van der Waals surface area contributed by atoms with Crippen molar-refractivity contribution in [3.63, 3.8) is 0 Å². The minimum absolute atomic E-state index is 0.0133. The van der Waals surface area contributed by atoms with Crippen LogP contribution in [0.5, 0.6) is 11.5 Å². The highest BCUT2D eigenvalue weighted by molar-refractivity contribution is 7.90. The quantitative estimate of drug-likeness (QED) is 0.274. The number of methoxy groups -OCH3 is 1. The number of rotatable bonds is 10. The zero-order chi connectivity index (χ0) is 29.2. The minimum Gasteiger partial charge on any atom is -0.493 e. The number of halogens is 1. The van der Waals surface area contributed by atoms with E-state index in [9.17, 15) is 22.7 Å². The Hall–Kier alpha value is -4.25. The summed E-state index contributed by atoms with van der Waals surface area (Å²) in [7, 11) is 0.399. The van der Waals surface area contributed by atoms with E-state index in [0.717, 1.165) is 12.8 Å². The number of likely N-dealkylation sites (N-methyl/N-ethyl adjacent to an activating group) is 1. The summed E-state index contributed by atoms with van der Waals surface area (Å²) in [5, 5.41) is 16.9. The van der Waals surface area contributed by atoms with Gasteiger partial charge in [-0.15, -0.1) is 6.42 Å². The Morgan fingerprint density at radius 2 is 1.93 bits per heavy atom. The molecule has 11 nitrogen and oxygen atoms in total. The second kappa shape index (κ2) is 11.5. The number of terminal acetylenes is 1. The van der Waals surface area contributed by atoms with Crippen LogP contribution < -0.4 is 29.6 Å². The van der Waals surface area contributed by atoms with Crippen LogP contribution in [0, 0.1) is 18.2 Å². The predicted octanol–water partition coefficient (Wildman–Crippen LogP) is 2.21. The Balaban J connectivity index is 1.79. The number of carbonyl (C=O) groups excluding carboxylic acids is 1. The standard InChI is InChI=1S/C27H30FN5O6S/c1-6-16-7-11-20(19(28)13-16)31-25-23(26(34)30-17-8-9-17)24(15(2)27(35)33(25)4)39-21-12-10-18(14-22(21)38-5)32-40(36,37)29-3/h1,7,10-14,17,27,29,31-32,35H,8-9H2,2-5H3,(H,30,34). The largest absolute Gasteiger partial charge is 0.493 e. The van der Waals surface area contributed by atoms with Gasteiger partial charge in [0.1, 0.15) is 23.0 Å². The molecule has 0 radical (unpaired) electrons. The first-order chi connectivity index (χ1) is 19.0. The number of hydrogen-bond acceptors (Lipinski definition) is 8. The van der Waals surface area contributed by atoms with E-state index >= 15 is 0 Å². The van der Waals surface area contributed by atoms with Gasteiger partial charge in [-0.2, -0.15) is 8.42 Å². The van der Waals surface area contributed by atoms with Gasteiger partial charge in [-0.1, -0.05) is 5.92 Å². The molecular weight excluding hydrogens is 541 g/mol. The number of hydrogen-bond donors (Lipinski definition) is 5. The average Bonchev–Trinajstić information content (AvgIpc) is 3.75. The molecule has 1 amide bonds. The third-order valence-electron chi connectivity index (χ3n) is 6.35. The molecule has 5 N–H and O–H groups in total. The molecule has 1 aliphatic carbocycles. The van der Waals surface area contributed by atoms with Crippen molar-refractivity contribution in [1.29, 1.82) is 0 Å². The maximum Gasteiger partial charge on any atom is 0.298 e.